The standard InChI is InChI=1S/C18H20N2O2/c19-18(17(21)22)10-12-20(13-11-18)16-8-6-15(7-9-16)14-4-2-1-3-5-14/h1-9H,10-13,19H2,(H,21,22). The fourth-order valence-corrected chi connectivity index (χ4v) is 2.87. The highest BCUT2D eigenvalue weighted by Crippen LogP contribution is 2.27. The largest absolute Gasteiger partial charge is 0.480 e. The number of carbonyl (C=O) groups is 1. The summed E-state index contributed by atoms with van der Waals surface area (Å²) in [6.45, 7) is 1.35. The number of rotatable bonds is 3. The predicted octanol–water partition coefficient (Wildman–Crippen LogP) is 2.74. The molecule has 114 valence electrons. The Kier molecular flexibility index (Phi) is 3.86. The number of anilines is 1. The van der Waals surface area contributed by atoms with Crippen molar-refractivity contribution in [3.8, 4) is 11.1 Å². The summed E-state index contributed by atoms with van der Waals surface area (Å²) in [5.74, 6) is -0.897. The molecule has 1 fully saturated rings. The molecule has 0 saturated carbocycles. The minimum Gasteiger partial charge on any atom is -0.480 e. The molecule has 0 unspecified atom stereocenters. The van der Waals surface area contributed by atoms with Gasteiger partial charge in [0, 0.05) is 18.8 Å². The molecule has 0 radical (unpaired) electrons. The van der Waals surface area contributed by atoms with Gasteiger partial charge in [0.15, 0.2) is 0 Å². The van der Waals surface area contributed by atoms with E-state index in [4.69, 9.17) is 5.73 Å². The second kappa shape index (κ2) is 5.81. The van der Waals surface area contributed by atoms with Crippen molar-refractivity contribution in [2.45, 2.75) is 18.4 Å². The van der Waals surface area contributed by atoms with Gasteiger partial charge in [-0.25, -0.2) is 0 Å². The van der Waals surface area contributed by atoms with Crippen molar-refractivity contribution in [1.82, 2.24) is 0 Å². The van der Waals surface area contributed by atoms with Gasteiger partial charge in [0.2, 0.25) is 0 Å². The maximum absolute atomic E-state index is 11.2. The van der Waals surface area contributed by atoms with Crippen molar-refractivity contribution in [3.05, 3.63) is 54.6 Å². The molecule has 2 aromatic carbocycles. The van der Waals surface area contributed by atoms with Gasteiger partial charge in [0.25, 0.3) is 0 Å². The molecular formula is C18H20N2O2. The third-order valence-electron chi connectivity index (χ3n) is 4.42. The Morgan fingerprint density at radius 1 is 0.955 bits per heavy atom. The molecular weight excluding hydrogens is 276 g/mol. The van der Waals surface area contributed by atoms with Crippen molar-refractivity contribution in [1.29, 1.82) is 0 Å². The van der Waals surface area contributed by atoms with Crippen LogP contribution in [0.3, 0.4) is 0 Å². The van der Waals surface area contributed by atoms with Gasteiger partial charge in [-0.05, 0) is 36.1 Å². The second-order valence-corrected chi connectivity index (χ2v) is 5.86. The minimum atomic E-state index is -1.07. The van der Waals surface area contributed by atoms with Gasteiger partial charge >= 0.3 is 5.97 Å². The molecule has 0 aromatic heterocycles. The topological polar surface area (TPSA) is 66.6 Å². The molecule has 0 bridgehead atoms. The molecule has 0 spiro atoms. The van der Waals surface area contributed by atoms with Crippen LogP contribution in [-0.4, -0.2) is 29.7 Å². The van der Waals surface area contributed by atoms with Crippen LogP contribution in [0, 0.1) is 0 Å². The molecule has 22 heavy (non-hydrogen) atoms. The molecule has 3 N–H and O–H groups in total. The van der Waals surface area contributed by atoms with Gasteiger partial charge in [-0.15, -0.1) is 0 Å². The minimum absolute atomic E-state index is 0.475. The van der Waals surface area contributed by atoms with E-state index < -0.39 is 11.5 Å². The van der Waals surface area contributed by atoms with E-state index in [1.54, 1.807) is 0 Å². The van der Waals surface area contributed by atoms with E-state index in [0.717, 1.165) is 5.69 Å². The number of carboxylic acids is 1. The Bertz CT molecular complexity index is 645. The van der Waals surface area contributed by atoms with E-state index in [1.165, 1.54) is 11.1 Å². The van der Waals surface area contributed by atoms with Crippen LogP contribution < -0.4 is 10.6 Å². The fraction of sp³-hybridized carbons (Fsp3) is 0.278. The molecule has 4 nitrogen and oxygen atoms in total. The average Bonchev–Trinajstić information content (AvgIpc) is 2.56. The lowest BCUT2D eigenvalue weighted by Crippen LogP contribution is -2.55. The SMILES string of the molecule is NC1(C(=O)O)CCN(c2ccc(-c3ccccc3)cc2)CC1. The van der Waals surface area contributed by atoms with Crippen molar-refractivity contribution in [2.75, 3.05) is 18.0 Å². The lowest BCUT2D eigenvalue weighted by molar-refractivity contribution is -0.144. The molecule has 1 aliphatic rings. The maximum atomic E-state index is 11.2. The van der Waals surface area contributed by atoms with E-state index in [-0.39, 0.29) is 0 Å². The van der Waals surface area contributed by atoms with E-state index in [1.807, 2.05) is 18.2 Å². The van der Waals surface area contributed by atoms with Crippen LogP contribution in [-0.2, 0) is 4.79 Å². The zero-order chi connectivity index (χ0) is 15.6. The molecule has 2 aromatic rings. The van der Waals surface area contributed by atoms with Gasteiger partial charge in [0.05, 0.1) is 0 Å². The summed E-state index contributed by atoms with van der Waals surface area (Å²) in [6.07, 6.45) is 0.950. The number of benzene rings is 2. The van der Waals surface area contributed by atoms with E-state index in [2.05, 4.69) is 41.3 Å². The summed E-state index contributed by atoms with van der Waals surface area (Å²) in [5, 5.41) is 9.17. The van der Waals surface area contributed by atoms with Crippen LogP contribution in [0.4, 0.5) is 5.69 Å². The van der Waals surface area contributed by atoms with Crippen molar-refractivity contribution >= 4 is 11.7 Å². The van der Waals surface area contributed by atoms with Crippen LogP contribution in [0.1, 0.15) is 12.8 Å². The number of piperidine rings is 1. The summed E-state index contributed by atoms with van der Waals surface area (Å²) < 4.78 is 0. The van der Waals surface area contributed by atoms with Gasteiger partial charge in [-0.3, -0.25) is 4.79 Å². The van der Waals surface area contributed by atoms with Crippen LogP contribution >= 0.6 is 0 Å². The third kappa shape index (κ3) is 2.83. The Morgan fingerprint density at radius 2 is 1.50 bits per heavy atom. The number of nitrogens with two attached hydrogens (primary N) is 1. The van der Waals surface area contributed by atoms with E-state index >= 15 is 0 Å². The quantitative estimate of drug-likeness (QED) is 0.914. The third-order valence-corrected chi connectivity index (χ3v) is 4.42. The van der Waals surface area contributed by atoms with Crippen LogP contribution in [0.5, 0.6) is 0 Å². The van der Waals surface area contributed by atoms with Crippen molar-refractivity contribution in [2.24, 2.45) is 5.73 Å². The Balaban J connectivity index is 1.71. The first kappa shape index (κ1) is 14.6. The second-order valence-electron chi connectivity index (χ2n) is 5.86. The Labute approximate surface area is 130 Å². The first-order valence-electron chi connectivity index (χ1n) is 7.51. The lowest BCUT2D eigenvalue weighted by Gasteiger charge is -2.37. The summed E-state index contributed by atoms with van der Waals surface area (Å²) in [6, 6.07) is 18.6. The van der Waals surface area contributed by atoms with Gasteiger partial charge < -0.3 is 15.7 Å². The van der Waals surface area contributed by atoms with Crippen LogP contribution in [0.15, 0.2) is 54.6 Å². The summed E-state index contributed by atoms with van der Waals surface area (Å²) >= 11 is 0. The highest BCUT2D eigenvalue weighted by Gasteiger charge is 2.37. The smallest absolute Gasteiger partial charge is 0.323 e. The average molecular weight is 296 g/mol. The highest BCUT2D eigenvalue weighted by atomic mass is 16.4. The zero-order valence-corrected chi connectivity index (χ0v) is 12.4. The molecule has 3 rings (SSSR count). The van der Waals surface area contributed by atoms with E-state index in [9.17, 15) is 9.90 Å². The lowest BCUT2D eigenvalue weighted by atomic mass is 9.88. The van der Waals surface area contributed by atoms with Crippen LogP contribution in [0.25, 0.3) is 11.1 Å². The molecule has 1 saturated heterocycles. The first-order chi connectivity index (χ1) is 10.6. The fourth-order valence-electron chi connectivity index (χ4n) is 2.87. The molecule has 0 aliphatic carbocycles. The van der Waals surface area contributed by atoms with Crippen molar-refractivity contribution in [3.63, 3.8) is 0 Å². The van der Waals surface area contributed by atoms with Crippen LogP contribution in [0.2, 0.25) is 0 Å². The molecule has 1 aliphatic heterocycles. The molecule has 1 heterocycles. The number of hydrogen-bond acceptors (Lipinski definition) is 3. The number of carboxylic acid groups (broad SMARTS) is 1. The monoisotopic (exact) mass is 296 g/mol. The Hall–Kier alpha value is -2.33. The normalized spacial score (nSPS) is 17.2. The summed E-state index contributed by atoms with van der Waals surface area (Å²) in [7, 11) is 0. The first-order valence-corrected chi connectivity index (χ1v) is 7.51. The molecule has 0 amide bonds. The van der Waals surface area contributed by atoms with Crippen molar-refractivity contribution < 1.29 is 9.90 Å². The summed E-state index contributed by atoms with van der Waals surface area (Å²) in [5.41, 5.74) is 8.34. The van der Waals surface area contributed by atoms with Gasteiger partial charge in [-0.1, -0.05) is 42.5 Å². The van der Waals surface area contributed by atoms with Gasteiger partial charge in [0.1, 0.15) is 5.54 Å². The number of nitrogens with zero attached hydrogens (tertiary/aromatic N) is 1. The van der Waals surface area contributed by atoms with Gasteiger partial charge in [-0.2, -0.15) is 0 Å². The highest BCUT2D eigenvalue weighted by molar-refractivity contribution is 5.79. The number of aliphatic carboxylic acids is 1. The maximum Gasteiger partial charge on any atom is 0.323 e. The predicted molar refractivity (Wildman–Crippen MR) is 87.9 cm³/mol. The molecule has 0 atom stereocenters. The zero-order valence-electron chi connectivity index (χ0n) is 12.4. The Morgan fingerprint density at radius 3 is 2.05 bits per heavy atom. The van der Waals surface area contributed by atoms with E-state index in [0.29, 0.717) is 25.9 Å². The summed E-state index contributed by atoms with van der Waals surface area (Å²) in [4.78, 5) is 13.4. The molecule has 4 heteroatoms. The number of hydrogen-bond donors (Lipinski definition) is 2.